The van der Waals surface area contributed by atoms with Gasteiger partial charge in [0.05, 0.1) is 4.92 Å². The van der Waals surface area contributed by atoms with Crippen LogP contribution in [0.15, 0.2) is 54.9 Å². The van der Waals surface area contributed by atoms with Gasteiger partial charge >= 0.3 is 5.69 Å². The maximum Gasteiger partial charge on any atom is 0.353 e. The van der Waals surface area contributed by atoms with Crippen LogP contribution in [-0.2, 0) is 0 Å². The molecule has 0 fully saturated rings. The van der Waals surface area contributed by atoms with E-state index >= 15 is 0 Å². The molecule has 1 aromatic heterocycles. The SMILES string of the molecule is CC(=O)c1cccc(Nc2ncnc(Nc3ccc(Cl)cc3)c2[N+](=O)[O-])c1. The smallest absolute Gasteiger partial charge is 0.334 e. The largest absolute Gasteiger partial charge is 0.353 e. The summed E-state index contributed by atoms with van der Waals surface area (Å²) in [6, 6.07) is 13.3. The summed E-state index contributed by atoms with van der Waals surface area (Å²) < 4.78 is 0. The Morgan fingerprint density at radius 2 is 1.67 bits per heavy atom. The first-order chi connectivity index (χ1) is 12.9. The first-order valence-electron chi connectivity index (χ1n) is 7.84. The van der Waals surface area contributed by atoms with Gasteiger partial charge in [0.25, 0.3) is 0 Å². The van der Waals surface area contributed by atoms with Crippen molar-refractivity contribution in [1.82, 2.24) is 9.97 Å². The number of aromatic nitrogens is 2. The second-order valence-electron chi connectivity index (χ2n) is 5.57. The van der Waals surface area contributed by atoms with Crippen molar-refractivity contribution in [3.05, 3.63) is 75.6 Å². The van der Waals surface area contributed by atoms with Crippen molar-refractivity contribution in [3.63, 3.8) is 0 Å². The van der Waals surface area contributed by atoms with E-state index < -0.39 is 4.92 Å². The van der Waals surface area contributed by atoms with E-state index in [0.717, 1.165) is 0 Å². The minimum atomic E-state index is -0.574. The van der Waals surface area contributed by atoms with Crippen LogP contribution in [0.3, 0.4) is 0 Å². The summed E-state index contributed by atoms with van der Waals surface area (Å²) in [4.78, 5) is 30.5. The molecule has 9 heteroatoms. The zero-order valence-corrected chi connectivity index (χ0v) is 14.9. The van der Waals surface area contributed by atoms with Gasteiger partial charge in [-0.1, -0.05) is 23.7 Å². The Morgan fingerprint density at radius 1 is 1.04 bits per heavy atom. The van der Waals surface area contributed by atoms with Gasteiger partial charge in [-0.25, -0.2) is 9.97 Å². The van der Waals surface area contributed by atoms with Gasteiger partial charge in [-0.3, -0.25) is 14.9 Å². The Kier molecular flexibility index (Phi) is 5.28. The third-order valence-corrected chi connectivity index (χ3v) is 3.90. The molecule has 0 aliphatic heterocycles. The molecule has 2 aromatic carbocycles. The number of nitro groups is 1. The molecule has 0 aliphatic rings. The molecular formula is C18H14ClN5O3. The number of rotatable bonds is 6. The predicted octanol–water partition coefficient (Wildman–Crippen LogP) is 4.73. The molecular weight excluding hydrogens is 370 g/mol. The fraction of sp³-hybridized carbons (Fsp3) is 0.0556. The quantitative estimate of drug-likeness (QED) is 0.359. The number of hydrogen-bond acceptors (Lipinski definition) is 7. The Balaban J connectivity index is 1.96. The van der Waals surface area contributed by atoms with Crippen molar-refractivity contribution in [2.45, 2.75) is 6.92 Å². The van der Waals surface area contributed by atoms with Crippen molar-refractivity contribution < 1.29 is 9.72 Å². The number of halogens is 1. The molecule has 3 aromatic rings. The van der Waals surface area contributed by atoms with Crippen LogP contribution in [0.1, 0.15) is 17.3 Å². The molecule has 0 bridgehead atoms. The second-order valence-corrected chi connectivity index (χ2v) is 6.01. The molecule has 0 saturated heterocycles. The molecule has 136 valence electrons. The lowest BCUT2D eigenvalue weighted by Crippen LogP contribution is -2.06. The van der Waals surface area contributed by atoms with Crippen molar-refractivity contribution >= 4 is 46.1 Å². The Morgan fingerprint density at radius 3 is 2.26 bits per heavy atom. The molecule has 0 aliphatic carbocycles. The van der Waals surface area contributed by atoms with E-state index in [1.54, 1.807) is 48.5 Å². The minimum absolute atomic E-state index is 0.00663. The molecule has 0 unspecified atom stereocenters. The van der Waals surface area contributed by atoms with Crippen LogP contribution in [0.25, 0.3) is 0 Å². The molecule has 0 saturated carbocycles. The van der Waals surface area contributed by atoms with E-state index in [2.05, 4.69) is 20.6 Å². The third kappa shape index (κ3) is 4.36. The van der Waals surface area contributed by atoms with E-state index in [1.165, 1.54) is 13.3 Å². The topological polar surface area (TPSA) is 110 Å². The molecule has 2 N–H and O–H groups in total. The Labute approximate surface area is 159 Å². The normalized spacial score (nSPS) is 10.3. The van der Waals surface area contributed by atoms with Crippen molar-refractivity contribution in [2.24, 2.45) is 0 Å². The second kappa shape index (κ2) is 7.79. The lowest BCUT2D eigenvalue weighted by atomic mass is 10.1. The maximum absolute atomic E-state index is 11.6. The molecule has 0 radical (unpaired) electrons. The highest BCUT2D eigenvalue weighted by Crippen LogP contribution is 2.33. The van der Waals surface area contributed by atoms with Crippen LogP contribution in [-0.4, -0.2) is 20.7 Å². The summed E-state index contributed by atoms with van der Waals surface area (Å²) >= 11 is 5.85. The average Bonchev–Trinajstić information content (AvgIpc) is 2.64. The van der Waals surface area contributed by atoms with E-state index in [4.69, 9.17) is 11.6 Å². The number of carbonyl (C=O) groups excluding carboxylic acids is 1. The highest BCUT2D eigenvalue weighted by atomic mass is 35.5. The maximum atomic E-state index is 11.6. The summed E-state index contributed by atoms with van der Waals surface area (Å²) in [5, 5.41) is 17.9. The first kappa shape index (κ1) is 18.3. The van der Waals surface area contributed by atoms with Gasteiger partial charge in [0, 0.05) is 22.0 Å². The van der Waals surface area contributed by atoms with Gasteiger partial charge < -0.3 is 10.6 Å². The number of benzene rings is 2. The highest BCUT2D eigenvalue weighted by molar-refractivity contribution is 6.30. The molecule has 0 spiro atoms. The van der Waals surface area contributed by atoms with Crippen LogP contribution >= 0.6 is 11.6 Å². The Hall–Kier alpha value is -3.52. The third-order valence-electron chi connectivity index (χ3n) is 3.64. The van der Waals surface area contributed by atoms with Gasteiger partial charge in [0.1, 0.15) is 6.33 Å². The van der Waals surface area contributed by atoms with E-state index in [9.17, 15) is 14.9 Å². The summed E-state index contributed by atoms with van der Waals surface area (Å²) in [5.74, 6) is -0.0735. The van der Waals surface area contributed by atoms with Crippen LogP contribution in [0.4, 0.5) is 28.7 Å². The van der Waals surface area contributed by atoms with E-state index in [-0.39, 0.29) is 23.1 Å². The number of Topliss-reactive ketones (excluding diaryl/α,β-unsaturated/α-hetero) is 1. The van der Waals surface area contributed by atoms with Gasteiger partial charge in [0.15, 0.2) is 5.78 Å². The van der Waals surface area contributed by atoms with Gasteiger partial charge in [-0.2, -0.15) is 0 Å². The zero-order chi connectivity index (χ0) is 19.4. The number of nitrogens with zero attached hydrogens (tertiary/aromatic N) is 3. The highest BCUT2D eigenvalue weighted by Gasteiger charge is 2.23. The van der Waals surface area contributed by atoms with Crippen molar-refractivity contribution in [3.8, 4) is 0 Å². The molecule has 27 heavy (non-hydrogen) atoms. The number of hydrogen-bond donors (Lipinski definition) is 2. The fourth-order valence-corrected chi connectivity index (χ4v) is 2.48. The molecule has 1 heterocycles. The number of nitrogens with one attached hydrogen (secondary N) is 2. The standard InChI is InChI=1S/C18H14ClN5O3/c1-11(25)12-3-2-4-15(9-12)23-18-16(24(26)27)17(20-10-21-18)22-14-7-5-13(19)6-8-14/h2-10H,1H3,(H2,20,21,22,23). The van der Waals surface area contributed by atoms with Crippen molar-refractivity contribution in [1.29, 1.82) is 0 Å². The van der Waals surface area contributed by atoms with Crippen LogP contribution in [0.5, 0.6) is 0 Å². The summed E-state index contributed by atoms with van der Waals surface area (Å²) in [5.41, 5.74) is 1.25. The van der Waals surface area contributed by atoms with E-state index in [0.29, 0.717) is 22.0 Å². The predicted molar refractivity (Wildman–Crippen MR) is 103 cm³/mol. The molecule has 3 rings (SSSR count). The molecule has 8 nitrogen and oxygen atoms in total. The number of carbonyl (C=O) groups is 1. The first-order valence-corrected chi connectivity index (χ1v) is 8.22. The monoisotopic (exact) mass is 383 g/mol. The summed E-state index contributed by atoms with van der Waals surface area (Å²) in [6.07, 6.45) is 1.21. The number of ketones is 1. The van der Waals surface area contributed by atoms with E-state index in [1.807, 2.05) is 0 Å². The zero-order valence-electron chi connectivity index (χ0n) is 14.1. The van der Waals surface area contributed by atoms with Crippen LogP contribution < -0.4 is 10.6 Å². The average molecular weight is 384 g/mol. The van der Waals surface area contributed by atoms with Gasteiger partial charge in [-0.15, -0.1) is 0 Å². The lowest BCUT2D eigenvalue weighted by molar-refractivity contribution is -0.383. The van der Waals surface area contributed by atoms with Crippen molar-refractivity contribution in [2.75, 3.05) is 10.6 Å². The summed E-state index contributed by atoms with van der Waals surface area (Å²) in [6.45, 7) is 1.44. The van der Waals surface area contributed by atoms with Crippen LogP contribution in [0.2, 0.25) is 5.02 Å². The molecule has 0 atom stereocenters. The Bertz CT molecular complexity index is 1010. The van der Waals surface area contributed by atoms with Crippen LogP contribution in [0, 0.1) is 10.1 Å². The number of anilines is 4. The molecule has 0 amide bonds. The summed E-state index contributed by atoms with van der Waals surface area (Å²) in [7, 11) is 0. The lowest BCUT2D eigenvalue weighted by Gasteiger charge is -2.10. The fourth-order valence-electron chi connectivity index (χ4n) is 2.36. The van der Waals surface area contributed by atoms with Gasteiger partial charge in [0.2, 0.25) is 11.6 Å². The minimum Gasteiger partial charge on any atom is -0.334 e. The van der Waals surface area contributed by atoms with Gasteiger partial charge in [-0.05, 0) is 43.3 Å².